The maximum Gasteiger partial charge on any atom is 0.132 e. The molecule has 1 aliphatic heterocycles. The number of morpholine rings is 1. The highest BCUT2D eigenvalue weighted by molar-refractivity contribution is 5.34. The molecule has 3 rings (SSSR count). The molecule has 0 bridgehead atoms. The first-order chi connectivity index (χ1) is 10.8. The molecule has 0 amide bonds. The first kappa shape index (κ1) is 15.1. The summed E-state index contributed by atoms with van der Waals surface area (Å²) in [6, 6.07) is 6.58. The number of hydrogen-bond acceptors (Lipinski definition) is 4. The van der Waals surface area contributed by atoms with Crippen LogP contribution in [-0.4, -0.2) is 29.7 Å². The molecule has 1 fully saturated rings. The summed E-state index contributed by atoms with van der Waals surface area (Å²) >= 11 is 0. The van der Waals surface area contributed by atoms with Gasteiger partial charge in [0, 0.05) is 31.9 Å². The van der Waals surface area contributed by atoms with Gasteiger partial charge in [-0.3, -0.25) is 0 Å². The third-order valence-electron chi connectivity index (χ3n) is 4.18. The second-order valence-electron chi connectivity index (χ2n) is 5.79. The summed E-state index contributed by atoms with van der Waals surface area (Å²) in [5.74, 6) is 0.878. The molecule has 1 N–H and O–H groups in total. The lowest BCUT2D eigenvalue weighted by molar-refractivity contribution is 0.0276. The fourth-order valence-electron chi connectivity index (χ4n) is 2.72. The molecule has 4 heteroatoms. The molecule has 2 aromatic rings. The zero-order valence-electron chi connectivity index (χ0n) is 13.3. The molecule has 4 nitrogen and oxygen atoms in total. The van der Waals surface area contributed by atoms with Crippen molar-refractivity contribution in [3.8, 4) is 0 Å². The zero-order valence-corrected chi connectivity index (χ0v) is 13.3. The topological polar surface area (TPSA) is 47.0 Å². The Morgan fingerprint density at radius 1 is 1.27 bits per heavy atom. The van der Waals surface area contributed by atoms with E-state index in [-0.39, 0.29) is 6.10 Å². The van der Waals surface area contributed by atoms with Gasteiger partial charge in [-0.15, -0.1) is 0 Å². The Hall–Kier alpha value is -1.78. The molecule has 0 saturated carbocycles. The smallest absolute Gasteiger partial charge is 0.132 e. The van der Waals surface area contributed by atoms with Gasteiger partial charge in [0.25, 0.3) is 0 Å². The van der Waals surface area contributed by atoms with Crippen molar-refractivity contribution in [1.82, 2.24) is 15.3 Å². The lowest BCUT2D eigenvalue weighted by Gasteiger charge is -2.24. The van der Waals surface area contributed by atoms with E-state index in [2.05, 4.69) is 47.3 Å². The standard InChI is InChI=1S/C18H23N3O/c1-3-14-10-20-18(21-11-14)9-15-4-5-16(8-13(15)2)17-12-19-6-7-22-17/h4-5,8,10-11,17,19H,3,6-7,9,12H2,1-2H3. The fourth-order valence-corrected chi connectivity index (χ4v) is 2.72. The van der Waals surface area contributed by atoms with E-state index < -0.39 is 0 Å². The first-order valence-electron chi connectivity index (χ1n) is 7.98. The maximum atomic E-state index is 5.82. The summed E-state index contributed by atoms with van der Waals surface area (Å²) < 4.78 is 5.82. The van der Waals surface area contributed by atoms with E-state index in [1.54, 1.807) is 0 Å². The highest BCUT2D eigenvalue weighted by Gasteiger charge is 2.16. The molecule has 1 saturated heterocycles. The van der Waals surface area contributed by atoms with Crippen molar-refractivity contribution in [3.63, 3.8) is 0 Å². The lowest BCUT2D eigenvalue weighted by atomic mass is 9.99. The molecule has 0 radical (unpaired) electrons. The second-order valence-corrected chi connectivity index (χ2v) is 5.79. The number of benzene rings is 1. The van der Waals surface area contributed by atoms with Gasteiger partial charge in [-0.1, -0.05) is 25.1 Å². The number of nitrogens with one attached hydrogen (secondary N) is 1. The first-order valence-corrected chi connectivity index (χ1v) is 7.98. The van der Waals surface area contributed by atoms with Gasteiger partial charge < -0.3 is 10.1 Å². The Balaban J connectivity index is 1.73. The van der Waals surface area contributed by atoms with Crippen LogP contribution < -0.4 is 5.32 Å². The van der Waals surface area contributed by atoms with Crippen LogP contribution in [0.15, 0.2) is 30.6 Å². The molecule has 1 aromatic heterocycles. The molecular weight excluding hydrogens is 274 g/mol. The molecule has 1 aliphatic rings. The Labute approximate surface area is 132 Å². The van der Waals surface area contributed by atoms with Crippen LogP contribution >= 0.6 is 0 Å². The van der Waals surface area contributed by atoms with E-state index in [9.17, 15) is 0 Å². The van der Waals surface area contributed by atoms with Gasteiger partial charge in [0.1, 0.15) is 5.82 Å². The monoisotopic (exact) mass is 297 g/mol. The van der Waals surface area contributed by atoms with Gasteiger partial charge in [-0.05, 0) is 35.6 Å². The van der Waals surface area contributed by atoms with Gasteiger partial charge in [-0.2, -0.15) is 0 Å². The molecule has 22 heavy (non-hydrogen) atoms. The normalized spacial score (nSPS) is 18.4. The molecule has 1 aromatic carbocycles. The third kappa shape index (κ3) is 3.51. The quantitative estimate of drug-likeness (QED) is 0.942. The minimum absolute atomic E-state index is 0.168. The molecule has 116 valence electrons. The van der Waals surface area contributed by atoms with Gasteiger partial charge >= 0.3 is 0 Å². The van der Waals surface area contributed by atoms with E-state index in [1.165, 1.54) is 22.3 Å². The molecule has 0 spiro atoms. The van der Waals surface area contributed by atoms with Crippen LogP contribution in [0.5, 0.6) is 0 Å². The van der Waals surface area contributed by atoms with Crippen molar-refractivity contribution >= 4 is 0 Å². The highest BCUT2D eigenvalue weighted by atomic mass is 16.5. The molecule has 0 aliphatic carbocycles. The highest BCUT2D eigenvalue weighted by Crippen LogP contribution is 2.22. The Bertz CT molecular complexity index is 619. The lowest BCUT2D eigenvalue weighted by Crippen LogP contribution is -2.33. The van der Waals surface area contributed by atoms with Crippen LogP contribution in [0, 0.1) is 6.92 Å². The minimum Gasteiger partial charge on any atom is -0.371 e. The average molecular weight is 297 g/mol. The number of nitrogens with zero attached hydrogens (tertiary/aromatic N) is 2. The van der Waals surface area contributed by atoms with E-state index in [0.29, 0.717) is 0 Å². The molecular formula is C18H23N3O. The van der Waals surface area contributed by atoms with Crippen molar-refractivity contribution in [2.24, 2.45) is 0 Å². The van der Waals surface area contributed by atoms with Gasteiger partial charge in [0.05, 0.1) is 12.7 Å². The predicted molar refractivity (Wildman–Crippen MR) is 87.0 cm³/mol. The number of ether oxygens (including phenoxy) is 1. The van der Waals surface area contributed by atoms with Crippen LogP contribution in [0.25, 0.3) is 0 Å². The van der Waals surface area contributed by atoms with Crippen LogP contribution in [0.4, 0.5) is 0 Å². The number of hydrogen-bond donors (Lipinski definition) is 1. The summed E-state index contributed by atoms with van der Waals surface area (Å²) in [5.41, 5.74) is 4.97. The number of aryl methyl sites for hydroxylation is 2. The SMILES string of the molecule is CCc1cnc(Cc2ccc(C3CNCCO3)cc2C)nc1. The average Bonchev–Trinajstić information content (AvgIpc) is 2.58. The van der Waals surface area contributed by atoms with Gasteiger partial charge in [0.15, 0.2) is 0 Å². The Morgan fingerprint density at radius 3 is 2.73 bits per heavy atom. The largest absolute Gasteiger partial charge is 0.371 e. The summed E-state index contributed by atoms with van der Waals surface area (Å²) in [5, 5.41) is 3.37. The maximum absolute atomic E-state index is 5.82. The van der Waals surface area contributed by atoms with Crippen LogP contribution in [0.3, 0.4) is 0 Å². The van der Waals surface area contributed by atoms with Crippen LogP contribution in [-0.2, 0) is 17.6 Å². The Kier molecular flexibility index (Phi) is 4.80. The van der Waals surface area contributed by atoms with Crippen molar-refractivity contribution in [1.29, 1.82) is 0 Å². The van der Waals surface area contributed by atoms with Crippen molar-refractivity contribution in [3.05, 3.63) is 58.7 Å². The van der Waals surface area contributed by atoms with Crippen LogP contribution in [0.2, 0.25) is 0 Å². The summed E-state index contributed by atoms with van der Waals surface area (Å²) in [6.07, 6.45) is 5.77. The summed E-state index contributed by atoms with van der Waals surface area (Å²) in [7, 11) is 0. The molecule has 2 heterocycles. The van der Waals surface area contributed by atoms with Crippen LogP contribution in [0.1, 0.15) is 41.1 Å². The number of aromatic nitrogens is 2. The number of rotatable bonds is 4. The fraction of sp³-hybridized carbons (Fsp3) is 0.444. The second kappa shape index (κ2) is 6.99. The van der Waals surface area contributed by atoms with E-state index in [0.717, 1.165) is 38.4 Å². The molecule has 1 unspecified atom stereocenters. The van der Waals surface area contributed by atoms with Gasteiger partial charge in [0.2, 0.25) is 0 Å². The summed E-state index contributed by atoms with van der Waals surface area (Å²) in [6.45, 7) is 6.88. The van der Waals surface area contributed by atoms with E-state index in [4.69, 9.17) is 4.74 Å². The van der Waals surface area contributed by atoms with Crippen molar-refractivity contribution < 1.29 is 4.74 Å². The van der Waals surface area contributed by atoms with Gasteiger partial charge in [-0.25, -0.2) is 9.97 Å². The zero-order chi connectivity index (χ0) is 15.4. The van der Waals surface area contributed by atoms with Crippen molar-refractivity contribution in [2.45, 2.75) is 32.8 Å². The van der Waals surface area contributed by atoms with E-state index >= 15 is 0 Å². The third-order valence-corrected chi connectivity index (χ3v) is 4.18. The molecule has 1 atom stereocenters. The minimum atomic E-state index is 0.168. The summed E-state index contributed by atoms with van der Waals surface area (Å²) in [4.78, 5) is 8.90. The predicted octanol–water partition coefficient (Wildman–Crippen LogP) is 2.60. The Morgan fingerprint density at radius 2 is 2.09 bits per heavy atom. The van der Waals surface area contributed by atoms with E-state index in [1.807, 2.05) is 12.4 Å². The van der Waals surface area contributed by atoms with Crippen molar-refractivity contribution in [2.75, 3.05) is 19.7 Å².